The van der Waals surface area contributed by atoms with Crippen LogP contribution >= 0.6 is 0 Å². The molecule has 0 aliphatic carbocycles. The van der Waals surface area contributed by atoms with E-state index in [9.17, 15) is 14.0 Å². The van der Waals surface area contributed by atoms with E-state index in [0.717, 1.165) is 11.3 Å². The zero-order chi connectivity index (χ0) is 17.1. The van der Waals surface area contributed by atoms with Gasteiger partial charge in [0.1, 0.15) is 5.82 Å². The van der Waals surface area contributed by atoms with E-state index in [1.54, 1.807) is 12.1 Å². The molecule has 122 valence electrons. The van der Waals surface area contributed by atoms with E-state index >= 15 is 0 Å². The average Bonchev–Trinajstić information content (AvgIpc) is 2.86. The SMILES string of the molecule is O=C(O)CCc1cccc(N/C=C2\C(=O)Nc3ccc(F)cc32)c1. The standard InChI is InChI=1S/C18H15FN2O3/c19-12-5-6-16-14(9-12)15(18(24)21-16)10-20-13-3-1-2-11(8-13)4-7-17(22)23/h1-3,5-6,8-10,20H,4,7H2,(H,21,24)(H,22,23)/b15-10-. The number of benzene rings is 2. The van der Waals surface area contributed by atoms with Crippen LogP contribution < -0.4 is 10.6 Å². The second kappa shape index (κ2) is 6.54. The molecule has 2 aromatic rings. The van der Waals surface area contributed by atoms with Gasteiger partial charge >= 0.3 is 5.97 Å². The molecule has 0 unspecified atom stereocenters. The van der Waals surface area contributed by atoms with Crippen LogP contribution in [0.4, 0.5) is 15.8 Å². The number of anilines is 2. The Bertz CT molecular complexity index is 846. The summed E-state index contributed by atoms with van der Waals surface area (Å²) in [4.78, 5) is 22.6. The summed E-state index contributed by atoms with van der Waals surface area (Å²) in [5.74, 6) is -1.56. The first kappa shape index (κ1) is 15.7. The van der Waals surface area contributed by atoms with Gasteiger partial charge in [-0.15, -0.1) is 0 Å². The van der Waals surface area contributed by atoms with Gasteiger partial charge in [0, 0.05) is 29.6 Å². The molecule has 3 rings (SSSR count). The van der Waals surface area contributed by atoms with E-state index in [1.165, 1.54) is 24.4 Å². The van der Waals surface area contributed by atoms with Crippen molar-refractivity contribution in [2.24, 2.45) is 0 Å². The summed E-state index contributed by atoms with van der Waals surface area (Å²) in [6, 6.07) is 11.4. The lowest BCUT2D eigenvalue weighted by Crippen LogP contribution is -2.05. The van der Waals surface area contributed by atoms with Gasteiger partial charge in [-0.1, -0.05) is 12.1 Å². The topological polar surface area (TPSA) is 78.4 Å². The zero-order valence-corrected chi connectivity index (χ0v) is 12.7. The number of fused-ring (bicyclic) bond motifs is 1. The molecular weight excluding hydrogens is 311 g/mol. The molecule has 1 heterocycles. The predicted molar refractivity (Wildman–Crippen MR) is 89.0 cm³/mol. The second-order valence-corrected chi connectivity index (χ2v) is 5.44. The van der Waals surface area contributed by atoms with Gasteiger partial charge in [0.2, 0.25) is 0 Å². The molecule has 1 amide bonds. The monoisotopic (exact) mass is 326 g/mol. The van der Waals surface area contributed by atoms with Crippen molar-refractivity contribution >= 4 is 28.8 Å². The van der Waals surface area contributed by atoms with E-state index in [0.29, 0.717) is 23.2 Å². The van der Waals surface area contributed by atoms with Crippen molar-refractivity contribution in [3.63, 3.8) is 0 Å². The molecule has 1 aliphatic heterocycles. The van der Waals surface area contributed by atoms with E-state index in [1.807, 2.05) is 12.1 Å². The van der Waals surface area contributed by atoms with Crippen LogP contribution in [0.3, 0.4) is 0 Å². The number of hydrogen-bond donors (Lipinski definition) is 3. The minimum absolute atomic E-state index is 0.0552. The Labute approximate surface area is 137 Å². The van der Waals surface area contributed by atoms with Crippen molar-refractivity contribution in [3.05, 3.63) is 65.6 Å². The third-order valence-corrected chi connectivity index (χ3v) is 3.70. The van der Waals surface area contributed by atoms with Crippen molar-refractivity contribution in [2.45, 2.75) is 12.8 Å². The number of amides is 1. The summed E-state index contributed by atoms with van der Waals surface area (Å²) in [5, 5.41) is 14.4. The number of halogens is 1. The lowest BCUT2D eigenvalue weighted by Gasteiger charge is -2.05. The van der Waals surface area contributed by atoms with Gasteiger partial charge in [-0.3, -0.25) is 9.59 Å². The number of carboxylic acids is 1. The zero-order valence-electron chi connectivity index (χ0n) is 12.7. The number of aryl methyl sites for hydroxylation is 1. The largest absolute Gasteiger partial charge is 0.481 e. The Balaban J connectivity index is 1.79. The van der Waals surface area contributed by atoms with Gasteiger partial charge in [0.15, 0.2) is 0 Å². The highest BCUT2D eigenvalue weighted by Gasteiger charge is 2.24. The fourth-order valence-electron chi connectivity index (χ4n) is 2.53. The number of carboxylic acid groups (broad SMARTS) is 1. The number of carbonyl (C=O) groups excluding carboxylic acids is 1. The third-order valence-electron chi connectivity index (χ3n) is 3.70. The fraction of sp³-hybridized carbons (Fsp3) is 0.111. The number of rotatable bonds is 5. The average molecular weight is 326 g/mol. The number of carbonyl (C=O) groups is 2. The van der Waals surface area contributed by atoms with Crippen LogP contribution in [0, 0.1) is 5.82 Å². The molecule has 0 atom stereocenters. The second-order valence-electron chi connectivity index (χ2n) is 5.44. The van der Waals surface area contributed by atoms with Gasteiger partial charge in [-0.25, -0.2) is 4.39 Å². The van der Waals surface area contributed by atoms with Crippen LogP contribution in [0.1, 0.15) is 17.5 Å². The molecule has 0 saturated heterocycles. The Morgan fingerprint density at radius 1 is 1.25 bits per heavy atom. The van der Waals surface area contributed by atoms with E-state index in [4.69, 9.17) is 5.11 Å². The Kier molecular flexibility index (Phi) is 4.29. The minimum Gasteiger partial charge on any atom is -0.481 e. The first-order valence-electron chi connectivity index (χ1n) is 7.41. The normalized spacial score (nSPS) is 14.4. The molecule has 6 heteroatoms. The van der Waals surface area contributed by atoms with Crippen molar-refractivity contribution in [3.8, 4) is 0 Å². The first-order valence-corrected chi connectivity index (χ1v) is 7.41. The molecule has 0 saturated carbocycles. The summed E-state index contributed by atoms with van der Waals surface area (Å²) in [6.45, 7) is 0. The molecule has 0 aromatic heterocycles. The third kappa shape index (κ3) is 3.43. The quantitative estimate of drug-likeness (QED) is 0.737. The summed E-state index contributed by atoms with van der Waals surface area (Å²) < 4.78 is 13.4. The summed E-state index contributed by atoms with van der Waals surface area (Å²) in [5.41, 5.74) is 3.03. The Hall–Kier alpha value is -3.15. The van der Waals surface area contributed by atoms with Crippen molar-refractivity contribution in [2.75, 3.05) is 10.6 Å². The van der Waals surface area contributed by atoms with Crippen LogP contribution in [-0.2, 0) is 16.0 Å². The molecule has 0 bridgehead atoms. The number of nitrogens with one attached hydrogen (secondary N) is 2. The van der Waals surface area contributed by atoms with Crippen molar-refractivity contribution < 1.29 is 19.1 Å². The minimum atomic E-state index is -0.850. The molecule has 0 radical (unpaired) electrons. The van der Waals surface area contributed by atoms with E-state index in [-0.39, 0.29) is 12.3 Å². The van der Waals surface area contributed by atoms with Gasteiger partial charge < -0.3 is 15.7 Å². The maximum atomic E-state index is 13.4. The Morgan fingerprint density at radius 3 is 2.88 bits per heavy atom. The van der Waals surface area contributed by atoms with Gasteiger partial charge in [-0.2, -0.15) is 0 Å². The summed E-state index contributed by atoms with van der Waals surface area (Å²) in [7, 11) is 0. The van der Waals surface area contributed by atoms with Crippen LogP contribution in [0.2, 0.25) is 0 Å². The fourth-order valence-corrected chi connectivity index (χ4v) is 2.53. The predicted octanol–water partition coefficient (Wildman–Crippen LogP) is 3.25. The van der Waals surface area contributed by atoms with Gasteiger partial charge in [0.25, 0.3) is 5.91 Å². The van der Waals surface area contributed by atoms with Crippen molar-refractivity contribution in [1.82, 2.24) is 0 Å². The highest BCUT2D eigenvalue weighted by atomic mass is 19.1. The van der Waals surface area contributed by atoms with Crippen LogP contribution in [0.15, 0.2) is 48.7 Å². The van der Waals surface area contributed by atoms with Crippen molar-refractivity contribution in [1.29, 1.82) is 0 Å². The first-order chi connectivity index (χ1) is 11.5. The highest BCUT2D eigenvalue weighted by Crippen LogP contribution is 2.32. The molecule has 0 spiro atoms. The van der Waals surface area contributed by atoms with E-state index < -0.39 is 11.8 Å². The number of aliphatic carboxylic acids is 1. The molecule has 24 heavy (non-hydrogen) atoms. The number of hydrogen-bond acceptors (Lipinski definition) is 3. The molecule has 2 aromatic carbocycles. The van der Waals surface area contributed by atoms with E-state index in [2.05, 4.69) is 10.6 Å². The molecule has 1 aliphatic rings. The summed E-state index contributed by atoms with van der Waals surface area (Å²) >= 11 is 0. The smallest absolute Gasteiger partial charge is 0.303 e. The van der Waals surface area contributed by atoms with Gasteiger partial charge in [-0.05, 0) is 42.3 Å². The lowest BCUT2D eigenvalue weighted by molar-refractivity contribution is -0.137. The summed E-state index contributed by atoms with van der Waals surface area (Å²) in [6.07, 6.45) is 2.01. The Morgan fingerprint density at radius 2 is 2.08 bits per heavy atom. The highest BCUT2D eigenvalue weighted by molar-refractivity contribution is 6.31. The molecule has 0 fully saturated rings. The maximum absolute atomic E-state index is 13.4. The van der Waals surface area contributed by atoms with Crippen LogP contribution in [0.5, 0.6) is 0 Å². The van der Waals surface area contributed by atoms with Gasteiger partial charge in [0.05, 0.1) is 5.57 Å². The molecule has 5 nitrogen and oxygen atoms in total. The molecular formula is C18H15FN2O3. The molecule has 3 N–H and O–H groups in total. The maximum Gasteiger partial charge on any atom is 0.303 e. The van der Waals surface area contributed by atoms with Crippen LogP contribution in [0.25, 0.3) is 5.57 Å². The lowest BCUT2D eigenvalue weighted by atomic mass is 10.1. The van der Waals surface area contributed by atoms with Crippen LogP contribution in [-0.4, -0.2) is 17.0 Å².